The van der Waals surface area contributed by atoms with Gasteiger partial charge in [-0.25, -0.2) is 0 Å². The van der Waals surface area contributed by atoms with Gasteiger partial charge in [0.05, 0.1) is 5.69 Å². The Kier molecular flexibility index (Phi) is 3.48. The van der Waals surface area contributed by atoms with Gasteiger partial charge in [-0.15, -0.1) is 0 Å². The third-order valence-corrected chi connectivity index (χ3v) is 2.93. The van der Waals surface area contributed by atoms with Crippen molar-refractivity contribution < 1.29 is 10.2 Å². The second kappa shape index (κ2) is 5.06. The van der Waals surface area contributed by atoms with Gasteiger partial charge in [-0.3, -0.25) is 4.79 Å². The van der Waals surface area contributed by atoms with E-state index in [1.807, 2.05) is 24.3 Å². The van der Waals surface area contributed by atoms with Crippen LogP contribution in [0.4, 0.5) is 0 Å². The van der Waals surface area contributed by atoms with E-state index in [1.165, 1.54) is 6.07 Å². The smallest absolute Gasteiger partial charge is 0.223 e. The van der Waals surface area contributed by atoms with Gasteiger partial charge in [-0.05, 0) is 31.0 Å². The first-order valence-electron chi connectivity index (χ1n) is 5.75. The predicted molar refractivity (Wildman–Crippen MR) is 69.2 cm³/mol. The van der Waals surface area contributed by atoms with Gasteiger partial charge in [0.15, 0.2) is 5.75 Å². The van der Waals surface area contributed by atoms with Crippen molar-refractivity contribution in [2.45, 2.75) is 13.3 Å². The van der Waals surface area contributed by atoms with Gasteiger partial charge in [0.25, 0.3) is 0 Å². The molecule has 18 heavy (non-hydrogen) atoms. The molecule has 0 spiro atoms. The van der Waals surface area contributed by atoms with Crippen molar-refractivity contribution in [2.24, 2.45) is 0 Å². The summed E-state index contributed by atoms with van der Waals surface area (Å²) in [6.45, 7) is 1.82. The number of pyridine rings is 1. The van der Waals surface area contributed by atoms with E-state index in [2.05, 4.69) is 0 Å². The minimum absolute atomic E-state index is 0.122. The molecule has 0 fully saturated rings. The monoisotopic (exact) mass is 245 g/mol. The van der Waals surface area contributed by atoms with E-state index in [-0.39, 0.29) is 17.8 Å². The molecule has 2 aromatic rings. The number of hydrogen-bond acceptors (Lipinski definition) is 3. The highest BCUT2D eigenvalue weighted by Crippen LogP contribution is 2.16. The predicted octanol–water partition coefficient (Wildman–Crippen LogP) is 1.39. The molecule has 0 radical (unpaired) electrons. The van der Waals surface area contributed by atoms with Crippen LogP contribution in [0.1, 0.15) is 11.3 Å². The van der Waals surface area contributed by atoms with Gasteiger partial charge in [0, 0.05) is 24.6 Å². The first kappa shape index (κ1) is 12.4. The van der Waals surface area contributed by atoms with E-state index in [4.69, 9.17) is 5.11 Å². The average molecular weight is 245 g/mol. The Balaban J connectivity index is 2.43. The van der Waals surface area contributed by atoms with Crippen LogP contribution in [0.15, 0.2) is 41.3 Å². The number of aromatic nitrogens is 1. The van der Waals surface area contributed by atoms with E-state index < -0.39 is 0 Å². The number of rotatable bonds is 3. The standard InChI is InChI=1S/C14H15NO3/c1-10-14(18)13(17)6-8-15(10)12-4-2-11(3-5-12)7-9-16/h2-6,8,16,18H,7,9H2,1H3. The molecule has 0 saturated heterocycles. The normalized spacial score (nSPS) is 10.6. The Labute approximate surface area is 105 Å². The Morgan fingerprint density at radius 1 is 1.17 bits per heavy atom. The van der Waals surface area contributed by atoms with Crippen LogP contribution in [0.2, 0.25) is 0 Å². The Morgan fingerprint density at radius 2 is 1.83 bits per heavy atom. The van der Waals surface area contributed by atoms with Crippen LogP contribution < -0.4 is 5.43 Å². The fourth-order valence-corrected chi connectivity index (χ4v) is 1.86. The molecule has 0 aliphatic heterocycles. The number of hydrogen-bond donors (Lipinski definition) is 2. The van der Waals surface area contributed by atoms with Crippen molar-refractivity contribution in [3.8, 4) is 11.4 Å². The summed E-state index contributed by atoms with van der Waals surface area (Å²) in [6.07, 6.45) is 2.26. The molecule has 1 aromatic carbocycles. The highest BCUT2D eigenvalue weighted by atomic mass is 16.3. The lowest BCUT2D eigenvalue weighted by molar-refractivity contribution is 0.299. The van der Waals surface area contributed by atoms with Crippen LogP contribution >= 0.6 is 0 Å². The molecule has 2 rings (SSSR count). The molecule has 0 atom stereocenters. The lowest BCUT2D eigenvalue weighted by Crippen LogP contribution is -2.08. The molecule has 0 aliphatic rings. The number of nitrogens with zero attached hydrogens (tertiary/aromatic N) is 1. The van der Waals surface area contributed by atoms with Crippen LogP contribution in [0.5, 0.6) is 5.75 Å². The third-order valence-electron chi connectivity index (χ3n) is 2.93. The number of benzene rings is 1. The minimum Gasteiger partial charge on any atom is -0.503 e. The van der Waals surface area contributed by atoms with E-state index in [0.29, 0.717) is 12.1 Å². The highest BCUT2D eigenvalue weighted by molar-refractivity contribution is 5.40. The van der Waals surface area contributed by atoms with E-state index >= 15 is 0 Å². The third kappa shape index (κ3) is 2.28. The van der Waals surface area contributed by atoms with Crippen molar-refractivity contribution in [3.63, 3.8) is 0 Å². The molecule has 1 aromatic heterocycles. The van der Waals surface area contributed by atoms with Crippen LogP contribution in [-0.4, -0.2) is 21.4 Å². The lowest BCUT2D eigenvalue weighted by atomic mass is 10.1. The molecule has 94 valence electrons. The Bertz CT molecular complexity index is 599. The van der Waals surface area contributed by atoms with Gasteiger partial charge in [-0.1, -0.05) is 12.1 Å². The fourth-order valence-electron chi connectivity index (χ4n) is 1.86. The van der Waals surface area contributed by atoms with Crippen LogP contribution in [-0.2, 0) is 6.42 Å². The summed E-state index contributed by atoms with van der Waals surface area (Å²) in [5.74, 6) is -0.225. The molecular weight excluding hydrogens is 230 g/mol. The van der Waals surface area contributed by atoms with Gasteiger partial charge < -0.3 is 14.8 Å². The second-order valence-electron chi connectivity index (χ2n) is 4.12. The number of aliphatic hydroxyl groups excluding tert-OH is 1. The molecule has 4 nitrogen and oxygen atoms in total. The van der Waals surface area contributed by atoms with E-state index in [1.54, 1.807) is 17.7 Å². The quantitative estimate of drug-likeness (QED) is 0.859. The van der Waals surface area contributed by atoms with E-state index in [9.17, 15) is 9.90 Å². The topological polar surface area (TPSA) is 62.5 Å². The first-order valence-corrected chi connectivity index (χ1v) is 5.75. The molecule has 0 saturated carbocycles. The molecule has 0 amide bonds. The lowest BCUT2D eigenvalue weighted by Gasteiger charge is -2.12. The summed E-state index contributed by atoms with van der Waals surface area (Å²) in [7, 11) is 0. The van der Waals surface area contributed by atoms with Gasteiger partial charge in [0.2, 0.25) is 5.43 Å². The zero-order chi connectivity index (χ0) is 13.1. The maximum Gasteiger partial charge on any atom is 0.223 e. The van der Waals surface area contributed by atoms with Crippen LogP contribution in [0.3, 0.4) is 0 Å². The molecule has 4 heteroatoms. The molecule has 0 unspecified atom stereocenters. The number of aliphatic hydroxyl groups is 1. The van der Waals surface area contributed by atoms with Gasteiger partial charge in [-0.2, -0.15) is 0 Å². The largest absolute Gasteiger partial charge is 0.503 e. The maximum atomic E-state index is 11.3. The van der Waals surface area contributed by atoms with Crippen molar-refractivity contribution >= 4 is 0 Å². The second-order valence-corrected chi connectivity index (χ2v) is 4.12. The summed E-state index contributed by atoms with van der Waals surface area (Å²) < 4.78 is 1.75. The average Bonchev–Trinajstić information content (AvgIpc) is 2.38. The summed E-state index contributed by atoms with van der Waals surface area (Å²) >= 11 is 0. The molecule has 2 N–H and O–H groups in total. The maximum absolute atomic E-state index is 11.3. The molecule has 0 bridgehead atoms. The highest BCUT2D eigenvalue weighted by Gasteiger charge is 2.06. The zero-order valence-corrected chi connectivity index (χ0v) is 10.1. The van der Waals surface area contributed by atoms with Crippen LogP contribution in [0, 0.1) is 6.92 Å². The molecule has 1 heterocycles. The Morgan fingerprint density at radius 3 is 2.44 bits per heavy atom. The van der Waals surface area contributed by atoms with Crippen molar-refractivity contribution in [3.05, 3.63) is 58.0 Å². The minimum atomic E-state index is -0.374. The first-order chi connectivity index (χ1) is 8.63. The Hall–Kier alpha value is -2.07. The van der Waals surface area contributed by atoms with Gasteiger partial charge >= 0.3 is 0 Å². The summed E-state index contributed by atoms with van der Waals surface area (Å²) in [4.78, 5) is 11.3. The molecule has 0 aliphatic carbocycles. The summed E-state index contributed by atoms with van der Waals surface area (Å²) in [5, 5.41) is 18.5. The van der Waals surface area contributed by atoms with Crippen LogP contribution in [0.25, 0.3) is 5.69 Å². The van der Waals surface area contributed by atoms with Crippen molar-refractivity contribution in [2.75, 3.05) is 6.61 Å². The fraction of sp³-hybridized carbons (Fsp3) is 0.214. The zero-order valence-electron chi connectivity index (χ0n) is 10.1. The van der Waals surface area contributed by atoms with Gasteiger partial charge in [0.1, 0.15) is 0 Å². The van der Waals surface area contributed by atoms with E-state index in [0.717, 1.165) is 11.3 Å². The number of aromatic hydroxyl groups is 1. The van der Waals surface area contributed by atoms with Crippen molar-refractivity contribution in [1.29, 1.82) is 0 Å². The summed E-state index contributed by atoms with van der Waals surface area (Å²) in [5.41, 5.74) is 2.05. The SMILES string of the molecule is Cc1c(O)c(=O)ccn1-c1ccc(CCO)cc1. The summed E-state index contributed by atoms with van der Waals surface area (Å²) in [6, 6.07) is 8.95. The molecular formula is C14H15NO3. The van der Waals surface area contributed by atoms with Crippen molar-refractivity contribution in [1.82, 2.24) is 4.57 Å².